The van der Waals surface area contributed by atoms with E-state index >= 15 is 0 Å². The van der Waals surface area contributed by atoms with Gasteiger partial charge in [0, 0.05) is 19.1 Å². The number of carbonyl (C=O) groups excluding carboxylic acids is 1. The Balaban J connectivity index is 1.42. The Kier molecular flexibility index (Phi) is 5.40. The van der Waals surface area contributed by atoms with E-state index < -0.39 is 0 Å². The molecule has 0 spiro atoms. The Bertz CT molecular complexity index is 387. The van der Waals surface area contributed by atoms with E-state index in [4.69, 9.17) is 0 Å². The molecule has 3 fully saturated rings. The molecule has 1 heterocycles. The molecule has 3 aliphatic rings. The van der Waals surface area contributed by atoms with Crippen molar-refractivity contribution in [3.8, 4) is 0 Å². The number of nitrogens with one attached hydrogen (secondary N) is 1. The molecule has 0 radical (unpaired) electrons. The van der Waals surface area contributed by atoms with Crippen LogP contribution in [0.2, 0.25) is 0 Å². The van der Waals surface area contributed by atoms with Crippen molar-refractivity contribution in [1.29, 1.82) is 0 Å². The molecule has 4 heteroatoms. The molecule has 1 saturated heterocycles. The van der Waals surface area contributed by atoms with Crippen molar-refractivity contribution in [3.63, 3.8) is 0 Å². The van der Waals surface area contributed by atoms with Gasteiger partial charge in [0.25, 0.3) is 0 Å². The third kappa shape index (κ3) is 3.83. The molecule has 0 aromatic carbocycles. The number of hydrogen-bond acceptors (Lipinski definition) is 3. The summed E-state index contributed by atoms with van der Waals surface area (Å²) in [5, 5.41) is 3.31. The highest BCUT2D eigenvalue weighted by atomic mass is 16.2. The van der Waals surface area contributed by atoms with Crippen LogP contribution in [0.25, 0.3) is 0 Å². The molecule has 0 aromatic rings. The maximum Gasteiger partial charge on any atom is 0.234 e. The summed E-state index contributed by atoms with van der Waals surface area (Å²) < 4.78 is 0. The lowest BCUT2D eigenvalue weighted by molar-refractivity contribution is -0.123. The van der Waals surface area contributed by atoms with Gasteiger partial charge < -0.3 is 10.2 Å². The SMILES string of the molecule is CCN1CCCN(CC(=O)N[C@@H](C)[C@@H]2C[C@H]3CC[C@H]2C3)CC1. The third-order valence-electron chi connectivity index (χ3n) is 6.32. The van der Waals surface area contributed by atoms with Crippen LogP contribution in [0.3, 0.4) is 0 Å². The quantitative estimate of drug-likeness (QED) is 0.843. The molecule has 1 N–H and O–H groups in total. The molecule has 22 heavy (non-hydrogen) atoms. The Morgan fingerprint density at radius 3 is 2.59 bits per heavy atom. The van der Waals surface area contributed by atoms with E-state index in [0.717, 1.165) is 43.9 Å². The highest BCUT2D eigenvalue weighted by Gasteiger charge is 2.42. The van der Waals surface area contributed by atoms with E-state index in [9.17, 15) is 4.79 Å². The summed E-state index contributed by atoms with van der Waals surface area (Å²) in [5.74, 6) is 2.82. The van der Waals surface area contributed by atoms with E-state index in [0.29, 0.717) is 12.6 Å². The number of fused-ring (bicyclic) bond motifs is 2. The lowest BCUT2D eigenvalue weighted by Gasteiger charge is -2.29. The number of hydrogen-bond donors (Lipinski definition) is 1. The largest absolute Gasteiger partial charge is 0.352 e. The van der Waals surface area contributed by atoms with Crippen molar-refractivity contribution in [3.05, 3.63) is 0 Å². The van der Waals surface area contributed by atoms with Crippen molar-refractivity contribution in [1.82, 2.24) is 15.1 Å². The van der Waals surface area contributed by atoms with Gasteiger partial charge in [0.2, 0.25) is 5.91 Å². The average Bonchev–Trinajstić information content (AvgIpc) is 3.06. The van der Waals surface area contributed by atoms with Crippen LogP contribution in [0.1, 0.15) is 46.0 Å². The zero-order valence-electron chi connectivity index (χ0n) is 14.4. The first kappa shape index (κ1) is 16.3. The first-order valence-electron chi connectivity index (χ1n) is 9.39. The lowest BCUT2D eigenvalue weighted by atomic mass is 9.84. The second-order valence-corrected chi connectivity index (χ2v) is 7.76. The van der Waals surface area contributed by atoms with E-state index in [-0.39, 0.29) is 5.91 Å². The molecule has 2 aliphatic carbocycles. The Morgan fingerprint density at radius 1 is 1.14 bits per heavy atom. The number of carbonyl (C=O) groups is 1. The van der Waals surface area contributed by atoms with E-state index in [1.165, 1.54) is 38.6 Å². The second kappa shape index (κ2) is 7.31. The maximum atomic E-state index is 12.4. The third-order valence-corrected chi connectivity index (χ3v) is 6.32. The summed E-state index contributed by atoms with van der Waals surface area (Å²) in [5.41, 5.74) is 0. The molecule has 2 saturated carbocycles. The van der Waals surface area contributed by atoms with Gasteiger partial charge in [-0.3, -0.25) is 9.69 Å². The first-order chi connectivity index (χ1) is 10.7. The Morgan fingerprint density at radius 2 is 1.91 bits per heavy atom. The summed E-state index contributed by atoms with van der Waals surface area (Å²) in [6, 6.07) is 0.363. The summed E-state index contributed by atoms with van der Waals surface area (Å²) in [7, 11) is 0. The highest BCUT2D eigenvalue weighted by Crippen LogP contribution is 2.49. The predicted octanol–water partition coefficient (Wildman–Crippen LogP) is 1.95. The molecular weight excluding hydrogens is 274 g/mol. The van der Waals surface area contributed by atoms with Gasteiger partial charge in [0.05, 0.1) is 6.54 Å². The number of amides is 1. The van der Waals surface area contributed by atoms with Crippen molar-refractivity contribution in [2.75, 3.05) is 39.3 Å². The molecule has 4 atom stereocenters. The predicted molar refractivity (Wildman–Crippen MR) is 89.7 cm³/mol. The topological polar surface area (TPSA) is 35.6 Å². The smallest absolute Gasteiger partial charge is 0.234 e. The summed E-state index contributed by atoms with van der Waals surface area (Å²) in [6.07, 6.45) is 6.78. The summed E-state index contributed by atoms with van der Waals surface area (Å²) in [6.45, 7) is 10.5. The van der Waals surface area contributed by atoms with Crippen LogP contribution in [0.15, 0.2) is 0 Å². The standard InChI is InChI=1S/C18H33N3O/c1-3-20-7-4-8-21(10-9-20)13-18(22)19-14(2)17-12-15-5-6-16(17)11-15/h14-17H,3-13H2,1-2H3,(H,19,22)/t14-,15-,16-,17-/m0/s1. The van der Waals surface area contributed by atoms with Crippen molar-refractivity contribution >= 4 is 5.91 Å². The lowest BCUT2D eigenvalue weighted by Crippen LogP contribution is -2.45. The van der Waals surface area contributed by atoms with Crippen molar-refractivity contribution in [2.24, 2.45) is 17.8 Å². The normalized spacial score (nSPS) is 34.5. The minimum absolute atomic E-state index is 0.236. The summed E-state index contributed by atoms with van der Waals surface area (Å²) >= 11 is 0. The second-order valence-electron chi connectivity index (χ2n) is 7.76. The highest BCUT2D eigenvalue weighted by molar-refractivity contribution is 5.78. The zero-order valence-corrected chi connectivity index (χ0v) is 14.4. The van der Waals surface area contributed by atoms with Crippen LogP contribution >= 0.6 is 0 Å². The molecule has 1 aliphatic heterocycles. The van der Waals surface area contributed by atoms with E-state index in [2.05, 4.69) is 29.0 Å². The van der Waals surface area contributed by atoms with Crippen LogP contribution < -0.4 is 5.32 Å². The van der Waals surface area contributed by atoms with Gasteiger partial charge in [0.1, 0.15) is 0 Å². The molecule has 0 aromatic heterocycles. The molecule has 2 bridgehead atoms. The minimum atomic E-state index is 0.236. The van der Waals surface area contributed by atoms with Crippen molar-refractivity contribution < 1.29 is 4.79 Å². The number of likely N-dealkylation sites (N-methyl/N-ethyl adjacent to an activating group) is 1. The monoisotopic (exact) mass is 307 g/mol. The molecule has 3 rings (SSSR count). The fourth-order valence-corrected chi connectivity index (χ4v) is 5.01. The van der Waals surface area contributed by atoms with Gasteiger partial charge in [-0.05, 0) is 70.0 Å². The van der Waals surface area contributed by atoms with Crippen LogP contribution in [0.5, 0.6) is 0 Å². The molecule has 126 valence electrons. The Hall–Kier alpha value is -0.610. The maximum absolute atomic E-state index is 12.4. The molecular formula is C18H33N3O. The van der Waals surface area contributed by atoms with E-state index in [1.54, 1.807) is 0 Å². The minimum Gasteiger partial charge on any atom is -0.352 e. The van der Waals surface area contributed by atoms with Gasteiger partial charge >= 0.3 is 0 Å². The Labute approximate surface area is 135 Å². The van der Waals surface area contributed by atoms with Crippen molar-refractivity contribution in [2.45, 2.75) is 52.0 Å². The first-order valence-corrected chi connectivity index (χ1v) is 9.39. The van der Waals surface area contributed by atoms with Gasteiger partial charge in [-0.15, -0.1) is 0 Å². The fraction of sp³-hybridized carbons (Fsp3) is 0.944. The summed E-state index contributed by atoms with van der Waals surface area (Å²) in [4.78, 5) is 17.2. The van der Waals surface area contributed by atoms with Gasteiger partial charge in [0.15, 0.2) is 0 Å². The molecule has 4 nitrogen and oxygen atoms in total. The fourth-order valence-electron chi connectivity index (χ4n) is 5.01. The average molecular weight is 307 g/mol. The van der Waals surface area contributed by atoms with Gasteiger partial charge in [-0.1, -0.05) is 13.3 Å². The zero-order chi connectivity index (χ0) is 15.5. The van der Waals surface area contributed by atoms with Gasteiger partial charge in [-0.25, -0.2) is 0 Å². The van der Waals surface area contributed by atoms with Gasteiger partial charge in [-0.2, -0.15) is 0 Å². The number of rotatable bonds is 5. The van der Waals surface area contributed by atoms with E-state index in [1.807, 2.05) is 0 Å². The van der Waals surface area contributed by atoms with Crippen LogP contribution in [-0.2, 0) is 4.79 Å². The van der Waals surface area contributed by atoms with Crippen LogP contribution in [-0.4, -0.2) is 61.0 Å². The number of nitrogens with zero attached hydrogens (tertiary/aromatic N) is 2. The van der Waals surface area contributed by atoms with Crippen LogP contribution in [0.4, 0.5) is 0 Å². The molecule has 1 amide bonds. The van der Waals surface area contributed by atoms with Crippen LogP contribution in [0, 0.1) is 17.8 Å². The molecule has 0 unspecified atom stereocenters.